The first-order valence-corrected chi connectivity index (χ1v) is 18.5. The fourth-order valence-electron chi connectivity index (χ4n) is 6.31. The summed E-state index contributed by atoms with van der Waals surface area (Å²) in [6.45, 7) is 5.84. The Morgan fingerprint density at radius 2 is 1.12 bits per heavy atom. The summed E-state index contributed by atoms with van der Waals surface area (Å²) in [6.07, 6.45) is 4.68. The molecule has 6 aromatic rings. The van der Waals surface area contributed by atoms with E-state index in [1.807, 2.05) is 118 Å². The fraction of sp³-hybridized carbons (Fsp3) is 0.263. The second kappa shape index (κ2) is 14.3. The number of hydrogen-bond acceptors (Lipinski definition) is 8. The molecule has 10 nitrogen and oxygen atoms in total. The zero-order valence-corrected chi connectivity index (χ0v) is 29.9. The van der Waals surface area contributed by atoms with Crippen molar-refractivity contribution in [1.82, 2.24) is 20.0 Å². The van der Waals surface area contributed by atoms with Crippen LogP contribution in [0, 0.1) is 0 Å². The van der Waals surface area contributed by atoms with Gasteiger partial charge in [-0.05, 0) is 82.1 Å². The Hall–Kier alpha value is -5.20. The van der Waals surface area contributed by atoms with E-state index in [1.54, 1.807) is 10.0 Å². The molecule has 4 N–H and O–H groups in total. The van der Waals surface area contributed by atoms with Crippen LogP contribution in [-0.2, 0) is 0 Å². The summed E-state index contributed by atoms with van der Waals surface area (Å²) in [7, 11) is 0. The number of carbonyl (C=O) groups is 2. The summed E-state index contributed by atoms with van der Waals surface area (Å²) in [4.78, 5) is 38.7. The minimum absolute atomic E-state index is 0.157. The Balaban J connectivity index is 1.18. The molecule has 0 bridgehead atoms. The van der Waals surface area contributed by atoms with Crippen molar-refractivity contribution in [2.24, 2.45) is 0 Å². The monoisotopic (exact) mass is 704 g/mol. The molecule has 1 aliphatic rings. The first kappa shape index (κ1) is 33.3. The first-order valence-electron chi connectivity index (χ1n) is 16.9. The highest BCUT2D eigenvalue weighted by atomic mass is 32.1. The number of thiazole rings is 2. The van der Waals surface area contributed by atoms with E-state index in [1.165, 1.54) is 22.7 Å². The molecule has 4 aromatic carbocycles. The summed E-state index contributed by atoms with van der Waals surface area (Å²) < 4.78 is 1.87. The summed E-state index contributed by atoms with van der Waals surface area (Å²) >= 11 is 3.03. The van der Waals surface area contributed by atoms with Gasteiger partial charge in [-0.25, -0.2) is 29.6 Å². The maximum absolute atomic E-state index is 14.5. The van der Waals surface area contributed by atoms with Gasteiger partial charge in [0.25, 0.3) is 0 Å². The number of aromatic nitrogens is 2. The predicted octanol–water partition coefficient (Wildman–Crippen LogP) is 10.8. The molecule has 0 atom stereocenters. The molecule has 2 aromatic heterocycles. The van der Waals surface area contributed by atoms with Crippen molar-refractivity contribution < 1.29 is 9.59 Å². The van der Waals surface area contributed by atoms with Gasteiger partial charge < -0.3 is 21.3 Å². The number of rotatable bonds is 7. The quantitative estimate of drug-likeness (QED) is 0.123. The molecule has 2 heterocycles. The number of amides is 4. The molecule has 0 saturated heterocycles. The van der Waals surface area contributed by atoms with Gasteiger partial charge in [0.05, 0.1) is 32.4 Å². The van der Waals surface area contributed by atoms with Gasteiger partial charge in [0.1, 0.15) is 11.0 Å². The van der Waals surface area contributed by atoms with E-state index in [-0.39, 0.29) is 12.1 Å². The highest BCUT2D eigenvalue weighted by Crippen LogP contribution is 2.36. The Bertz CT molecular complexity index is 2100. The summed E-state index contributed by atoms with van der Waals surface area (Å²) in [5, 5.41) is 17.7. The Morgan fingerprint density at radius 3 is 1.60 bits per heavy atom. The molecule has 0 aliphatic heterocycles. The maximum Gasteiger partial charge on any atom is 0.341 e. The molecule has 7 rings (SSSR count). The van der Waals surface area contributed by atoms with Crippen molar-refractivity contribution in [2.45, 2.75) is 64.5 Å². The van der Waals surface area contributed by atoms with Crippen LogP contribution in [0.1, 0.15) is 52.9 Å². The van der Waals surface area contributed by atoms with E-state index in [4.69, 9.17) is 9.97 Å². The Morgan fingerprint density at radius 1 is 0.640 bits per heavy atom. The average molecular weight is 705 g/mol. The van der Waals surface area contributed by atoms with Gasteiger partial charge in [-0.3, -0.25) is 0 Å². The average Bonchev–Trinajstić information content (AvgIpc) is 3.72. The number of nitrogens with zero attached hydrogens (tertiary/aromatic N) is 4. The summed E-state index contributed by atoms with van der Waals surface area (Å²) in [5.74, 6) is 0. The number of para-hydroxylation sites is 4. The molecular formula is C38H40N8O2S2. The molecule has 1 saturated carbocycles. The van der Waals surface area contributed by atoms with E-state index in [2.05, 4.69) is 21.3 Å². The molecule has 0 radical (unpaired) electrons. The maximum atomic E-state index is 14.5. The minimum atomic E-state index is -0.742. The number of hydrogen-bond donors (Lipinski definition) is 4. The van der Waals surface area contributed by atoms with Crippen molar-refractivity contribution in [1.29, 1.82) is 0 Å². The standard InChI is InChI=1S/C38H40N8O2S2/c1-38(2,3)46(37(48)42-29-22-14-24-31-33(29)44-35(50-31)40-26-17-9-5-10-18-26)45(27-19-11-6-12-20-27)36(47)41-28-21-13-23-30-32(28)43-34(49-30)39-25-15-7-4-8-16-25/h4-5,7-10,13-18,21-24,27H,6,11-12,19-20H2,1-3H3,(H,39,43)(H,40,44)(H,41,47)(H,42,48). The van der Waals surface area contributed by atoms with E-state index >= 15 is 0 Å². The molecule has 4 amide bonds. The number of urea groups is 2. The Kier molecular flexibility index (Phi) is 9.55. The summed E-state index contributed by atoms with van der Waals surface area (Å²) in [6, 6.07) is 30.3. The second-order valence-electron chi connectivity index (χ2n) is 13.3. The van der Waals surface area contributed by atoms with Gasteiger partial charge >= 0.3 is 12.1 Å². The molecule has 12 heteroatoms. The first-order chi connectivity index (χ1) is 24.2. The van der Waals surface area contributed by atoms with Crippen LogP contribution in [0.2, 0.25) is 0 Å². The minimum Gasteiger partial charge on any atom is -0.332 e. The van der Waals surface area contributed by atoms with Crippen LogP contribution in [0.15, 0.2) is 97.1 Å². The van der Waals surface area contributed by atoms with Crippen LogP contribution in [0.4, 0.5) is 42.6 Å². The molecule has 0 unspecified atom stereocenters. The van der Waals surface area contributed by atoms with Crippen LogP contribution in [0.25, 0.3) is 20.4 Å². The van der Waals surface area contributed by atoms with Crippen LogP contribution in [0.5, 0.6) is 0 Å². The van der Waals surface area contributed by atoms with Gasteiger partial charge in [0.2, 0.25) is 0 Å². The largest absolute Gasteiger partial charge is 0.341 e. The predicted molar refractivity (Wildman–Crippen MR) is 207 cm³/mol. The highest BCUT2D eigenvalue weighted by molar-refractivity contribution is 7.22. The highest BCUT2D eigenvalue weighted by Gasteiger charge is 2.40. The number of benzene rings is 4. The van der Waals surface area contributed by atoms with Gasteiger partial charge in [-0.1, -0.05) is 90.5 Å². The number of hydrazine groups is 1. The van der Waals surface area contributed by atoms with Gasteiger partial charge in [-0.2, -0.15) is 0 Å². The van der Waals surface area contributed by atoms with Crippen molar-refractivity contribution >= 4 is 88.2 Å². The molecule has 1 fully saturated rings. The van der Waals surface area contributed by atoms with Gasteiger partial charge in [0.15, 0.2) is 10.3 Å². The van der Waals surface area contributed by atoms with E-state index in [9.17, 15) is 9.59 Å². The van der Waals surface area contributed by atoms with Crippen LogP contribution in [0.3, 0.4) is 0 Å². The zero-order chi connectivity index (χ0) is 34.7. The second-order valence-corrected chi connectivity index (χ2v) is 15.4. The number of fused-ring (bicyclic) bond motifs is 2. The third-order valence-corrected chi connectivity index (χ3v) is 10.4. The van der Waals surface area contributed by atoms with E-state index in [0.717, 1.165) is 63.1 Å². The number of carbonyl (C=O) groups excluding carboxylic acids is 2. The van der Waals surface area contributed by atoms with E-state index in [0.29, 0.717) is 22.4 Å². The van der Waals surface area contributed by atoms with Crippen molar-refractivity contribution in [3.05, 3.63) is 97.1 Å². The molecule has 256 valence electrons. The lowest BCUT2D eigenvalue weighted by atomic mass is 9.94. The number of nitrogens with one attached hydrogen (secondary N) is 4. The SMILES string of the molecule is CC(C)(C)N(C(=O)Nc1cccc2sc(Nc3ccccc3)nc12)N(C(=O)Nc1cccc2sc(Nc3ccccc3)nc12)C1CCCCC1. The molecule has 50 heavy (non-hydrogen) atoms. The zero-order valence-electron chi connectivity index (χ0n) is 28.3. The smallest absolute Gasteiger partial charge is 0.332 e. The third kappa shape index (κ3) is 7.36. The van der Waals surface area contributed by atoms with Crippen molar-refractivity contribution in [2.75, 3.05) is 21.3 Å². The van der Waals surface area contributed by atoms with Crippen LogP contribution in [-0.4, -0.2) is 43.6 Å². The lowest BCUT2D eigenvalue weighted by Crippen LogP contribution is -2.63. The van der Waals surface area contributed by atoms with E-state index < -0.39 is 11.6 Å². The third-order valence-electron chi connectivity index (χ3n) is 8.54. The Labute approximate surface area is 299 Å². The fourth-order valence-corrected chi connectivity index (χ4v) is 8.13. The lowest BCUT2D eigenvalue weighted by molar-refractivity contribution is -0.0410. The van der Waals surface area contributed by atoms with Crippen molar-refractivity contribution in [3.8, 4) is 0 Å². The van der Waals surface area contributed by atoms with Gasteiger partial charge in [-0.15, -0.1) is 0 Å². The van der Waals surface area contributed by atoms with Crippen molar-refractivity contribution in [3.63, 3.8) is 0 Å². The van der Waals surface area contributed by atoms with Crippen LogP contribution >= 0.6 is 22.7 Å². The lowest BCUT2D eigenvalue weighted by Gasteiger charge is -2.47. The van der Waals surface area contributed by atoms with Crippen LogP contribution < -0.4 is 21.3 Å². The molecular weight excluding hydrogens is 665 g/mol. The summed E-state index contributed by atoms with van der Waals surface area (Å²) in [5.41, 5.74) is 3.66. The number of anilines is 6. The molecule has 1 aliphatic carbocycles. The topological polar surface area (TPSA) is 115 Å². The van der Waals surface area contributed by atoms with Gasteiger partial charge in [0, 0.05) is 11.4 Å². The normalized spacial score (nSPS) is 13.6. The molecule has 0 spiro atoms.